The number of nitrogens with zero attached hydrogens (tertiary/aromatic N) is 2. The van der Waals surface area contributed by atoms with Crippen LogP contribution < -0.4 is 10.6 Å². The van der Waals surface area contributed by atoms with Crippen LogP contribution in [0, 0.1) is 6.92 Å². The van der Waals surface area contributed by atoms with E-state index in [0.29, 0.717) is 6.04 Å². The maximum Gasteiger partial charge on any atom is 0.191 e. The maximum atomic E-state index is 4.65. The minimum atomic E-state index is 0. The minimum Gasteiger partial charge on any atom is -0.357 e. The number of hydrogen-bond donors (Lipinski definition) is 2. The van der Waals surface area contributed by atoms with Crippen LogP contribution in [0.4, 0.5) is 0 Å². The molecule has 4 nitrogen and oxygen atoms in total. The summed E-state index contributed by atoms with van der Waals surface area (Å²) in [5.41, 5.74) is 1.24. The molecule has 0 bridgehead atoms. The molecule has 1 aliphatic rings. The van der Waals surface area contributed by atoms with E-state index in [1.165, 1.54) is 28.4 Å². The van der Waals surface area contributed by atoms with Gasteiger partial charge in [0.2, 0.25) is 0 Å². The normalized spacial score (nSPS) is 14.8. The molecule has 0 amide bonds. The van der Waals surface area contributed by atoms with Crippen molar-refractivity contribution in [1.29, 1.82) is 0 Å². The van der Waals surface area contributed by atoms with Gasteiger partial charge in [0.1, 0.15) is 0 Å². The molecular formula is C14H25IN4S. The predicted octanol–water partition coefficient (Wildman–Crippen LogP) is 2.89. The van der Waals surface area contributed by atoms with Crippen molar-refractivity contribution in [1.82, 2.24) is 15.6 Å². The molecule has 114 valence electrons. The molecule has 6 heteroatoms. The fourth-order valence-corrected chi connectivity index (χ4v) is 2.94. The van der Waals surface area contributed by atoms with Gasteiger partial charge >= 0.3 is 0 Å². The first-order valence-electron chi connectivity index (χ1n) is 7.23. The lowest BCUT2D eigenvalue weighted by molar-refractivity contribution is 0.806. The van der Waals surface area contributed by atoms with E-state index >= 15 is 0 Å². The number of aliphatic imine (C=N–C) groups is 1. The Bertz CT molecular complexity index is 440. The van der Waals surface area contributed by atoms with Gasteiger partial charge in [0.25, 0.3) is 0 Å². The highest BCUT2D eigenvalue weighted by Gasteiger charge is 2.21. The molecule has 0 atom stereocenters. The zero-order chi connectivity index (χ0) is 13.7. The van der Waals surface area contributed by atoms with Crippen LogP contribution in [0.3, 0.4) is 0 Å². The van der Waals surface area contributed by atoms with Gasteiger partial charge in [-0.1, -0.05) is 6.92 Å². The smallest absolute Gasteiger partial charge is 0.191 e. The SMILES string of the molecule is CCNC(=NCCc1nc(CC)c(C)s1)NC1CC1.I. The molecule has 0 aromatic carbocycles. The van der Waals surface area contributed by atoms with E-state index < -0.39 is 0 Å². The third-order valence-corrected chi connectivity index (χ3v) is 4.20. The summed E-state index contributed by atoms with van der Waals surface area (Å²) in [6.45, 7) is 8.13. The number of nitrogens with one attached hydrogen (secondary N) is 2. The van der Waals surface area contributed by atoms with Gasteiger partial charge in [0.05, 0.1) is 10.7 Å². The number of hydrogen-bond acceptors (Lipinski definition) is 3. The monoisotopic (exact) mass is 408 g/mol. The molecule has 1 saturated carbocycles. The summed E-state index contributed by atoms with van der Waals surface area (Å²) in [4.78, 5) is 10.6. The van der Waals surface area contributed by atoms with Crippen LogP contribution in [0.1, 0.15) is 42.3 Å². The summed E-state index contributed by atoms with van der Waals surface area (Å²) in [6.07, 6.45) is 4.51. The van der Waals surface area contributed by atoms with Crippen LogP contribution in [0.2, 0.25) is 0 Å². The largest absolute Gasteiger partial charge is 0.357 e. The Hall–Kier alpha value is -0.370. The van der Waals surface area contributed by atoms with Gasteiger partial charge < -0.3 is 10.6 Å². The number of thiazole rings is 1. The molecule has 0 aliphatic heterocycles. The Balaban J connectivity index is 0.00000200. The van der Waals surface area contributed by atoms with Crippen molar-refractivity contribution < 1.29 is 0 Å². The second-order valence-electron chi connectivity index (χ2n) is 4.89. The second-order valence-corrected chi connectivity index (χ2v) is 6.18. The van der Waals surface area contributed by atoms with Gasteiger partial charge in [-0.3, -0.25) is 4.99 Å². The summed E-state index contributed by atoms with van der Waals surface area (Å²) >= 11 is 1.81. The van der Waals surface area contributed by atoms with E-state index in [2.05, 4.69) is 41.4 Å². The summed E-state index contributed by atoms with van der Waals surface area (Å²) in [6, 6.07) is 0.645. The molecule has 0 spiro atoms. The Morgan fingerprint density at radius 1 is 1.40 bits per heavy atom. The van der Waals surface area contributed by atoms with Crippen LogP contribution in [0.5, 0.6) is 0 Å². The molecule has 0 unspecified atom stereocenters. The summed E-state index contributed by atoms with van der Waals surface area (Å²) < 4.78 is 0. The first-order chi connectivity index (χ1) is 9.22. The van der Waals surface area contributed by atoms with Gasteiger partial charge in [-0.2, -0.15) is 0 Å². The molecule has 2 rings (SSSR count). The number of aryl methyl sites for hydroxylation is 2. The molecule has 0 radical (unpaired) electrons. The third kappa shape index (κ3) is 5.55. The van der Waals surface area contributed by atoms with Crippen LogP contribution >= 0.6 is 35.3 Å². The molecule has 2 N–H and O–H groups in total. The van der Waals surface area contributed by atoms with E-state index in [1.54, 1.807) is 0 Å². The predicted molar refractivity (Wildman–Crippen MR) is 97.5 cm³/mol. The molecule has 1 fully saturated rings. The summed E-state index contributed by atoms with van der Waals surface area (Å²) in [5, 5.41) is 7.93. The summed E-state index contributed by atoms with van der Waals surface area (Å²) in [7, 11) is 0. The van der Waals surface area contributed by atoms with Crippen molar-refractivity contribution in [2.45, 2.75) is 52.5 Å². The van der Waals surface area contributed by atoms with Gasteiger partial charge in [0, 0.05) is 30.4 Å². The fourth-order valence-electron chi connectivity index (χ4n) is 1.93. The first kappa shape index (κ1) is 17.7. The molecule has 1 aromatic rings. The van der Waals surface area contributed by atoms with Crippen LogP contribution in [-0.4, -0.2) is 30.1 Å². The standard InChI is InChI=1S/C14H24N4S.HI/c1-4-12-10(3)19-13(18-12)8-9-16-14(15-5-2)17-11-6-7-11;/h11H,4-9H2,1-3H3,(H2,15,16,17);1H. The number of halogens is 1. The van der Waals surface area contributed by atoms with Crippen molar-refractivity contribution in [3.63, 3.8) is 0 Å². The minimum absolute atomic E-state index is 0. The maximum absolute atomic E-state index is 4.65. The lowest BCUT2D eigenvalue weighted by Gasteiger charge is -2.09. The van der Waals surface area contributed by atoms with Crippen LogP contribution in [0.25, 0.3) is 0 Å². The Morgan fingerprint density at radius 2 is 2.15 bits per heavy atom. The van der Waals surface area contributed by atoms with Crippen molar-refractivity contribution in [2.24, 2.45) is 4.99 Å². The van der Waals surface area contributed by atoms with Gasteiger partial charge in [-0.25, -0.2) is 4.98 Å². The van der Waals surface area contributed by atoms with Gasteiger partial charge in [-0.05, 0) is 33.1 Å². The molecule has 1 aliphatic carbocycles. The Morgan fingerprint density at radius 3 is 2.70 bits per heavy atom. The van der Waals surface area contributed by atoms with Gasteiger partial charge in [0.15, 0.2) is 5.96 Å². The molecule has 0 saturated heterocycles. The number of aromatic nitrogens is 1. The molecular weight excluding hydrogens is 383 g/mol. The van der Waals surface area contributed by atoms with Crippen molar-refractivity contribution in [2.75, 3.05) is 13.1 Å². The van der Waals surface area contributed by atoms with E-state index in [0.717, 1.165) is 31.9 Å². The lowest BCUT2D eigenvalue weighted by atomic mass is 10.3. The Kier molecular flexibility index (Phi) is 7.79. The highest BCUT2D eigenvalue weighted by atomic mass is 127. The molecule has 1 aromatic heterocycles. The Labute approximate surface area is 142 Å². The molecule has 1 heterocycles. The van der Waals surface area contributed by atoms with Crippen LogP contribution in [-0.2, 0) is 12.8 Å². The average Bonchev–Trinajstić information content (AvgIpc) is 3.12. The van der Waals surface area contributed by atoms with Crippen molar-refractivity contribution in [3.8, 4) is 0 Å². The van der Waals surface area contributed by atoms with Crippen molar-refractivity contribution in [3.05, 3.63) is 15.6 Å². The van der Waals surface area contributed by atoms with Gasteiger partial charge in [-0.15, -0.1) is 35.3 Å². The van der Waals surface area contributed by atoms with Crippen molar-refractivity contribution >= 4 is 41.3 Å². The van der Waals surface area contributed by atoms with Crippen LogP contribution in [0.15, 0.2) is 4.99 Å². The quantitative estimate of drug-likeness (QED) is 0.433. The summed E-state index contributed by atoms with van der Waals surface area (Å²) in [5.74, 6) is 0.953. The first-order valence-corrected chi connectivity index (χ1v) is 8.04. The van der Waals surface area contributed by atoms with E-state index in [4.69, 9.17) is 0 Å². The number of rotatable bonds is 6. The zero-order valence-corrected chi connectivity index (χ0v) is 15.7. The topological polar surface area (TPSA) is 49.3 Å². The highest BCUT2D eigenvalue weighted by molar-refractivity contribution is 14.0. The average molecular weight is 408 g/mol. The van der Waals surface area contributed by atoms with E-state index in [-0.39, 0.29) is 24.0 Å². The zero-order valence-electron chi connectivity index (χ0n) is 12.5. The van der Waals surface area contributed by atoms with E-state index in [9.17, 15) is 0 Å². The highest BCUT2D eigenvalue weighted by Crippen LogP contribution is 2.19. The third-order valence-electron chi connectivity index (χ3n) is 3.13. The second kappa shape index (κ2) is 8.81. The van der Waals surface area contributed by atoms with E-state index in [1.807, 2.05) is 11.3 Å². The lowest BCUT2D eigenvalue weighted by Crippen LogP contribution is -2.38. The molecule has 20 heavy (non-hydrogen) atoms. The fraction of sp³-hybridized carbons (Fsp3) is 0.714. The number of guanidine groups is 1.